The van der Waals surface area contributed by atoms with Crippen LogP contribution >= 0.6 is 0 Å². The summed E-state index contributed by atoms with van der Waals surface area (Å²) in [6.07, 6.45) is -6.41. The molecule has 78 heavy (non-hydrogen) atoms. The smallest absolute Gasteiger partial charge is 0.311 e. The number of hydrogen-bond donors (Lipinski definition) is 5. The first-order valence-electron chi connectivity index (χ1n) is 27.8. The molecular weight excluding hydrogens is 1000 g/mol. The minimum Gasteiger partial charge on any atom is -0.459 e. The van der Waals surface area contributed by atoms with Gasteiger partial charge in [-0.2, -0.15) is 5.26 Å². The van der Waals surface area contributed by atoms with Crippen LogP contribution in [0.2, 0.25) is 0 Å². The standard InChI is InChI=1S/C58H87N7O13/c1-14-47-58(10,71)51(67)37(6)64(12)30-33(2)27-56(8,70)53(35(4)50(36(5)54(69)75-47)76-48-28-57(9,72-13)52(68)38(7)74-48)77-55-49(66)46(24-34(3)73-55)63(11)23-22-43-31-65(62-60-43)32-44-26-45(61-78-44)41-20-18-40(19-21-41)42-17-15-16-39(25-42)29-59/h15-21,25,31,33-38,44,46-53,55,66-68,70-71H,14,22-24,26-28,30,32H2,1-13H3/t33-,34-,35+,36-,37-,38+,44-,46+,47-,48+,49-,50+,51-,52+,53-,55+,56-,57-,58-/m1/s1. The van der Waals surface area contributed by atoms with Gasteiger partial charge in [0.25, 0.3) is 0 Å². The average molecular weight is 1090 g/mol. The maximum absolute atomic E-state index is 14.5. The van der Waals surface area contributed by atoms with Crippen molar-refractivity contribution in [2.24, 2.45) is 22.9 Å². The van der Waals surface area contributed by atoms with Crippen molar-refractivity contribution >= 4 is 11.7 Å². The van der Waals surface area contributed by atoms with E-state index in [-0.39, 0.29) is 37.4 Å². The molecule has 0 unspecified atom stereocenters. The number of cyclic esters (lactones) is 1. The molecule has 5 heterocycles. The van der Waals surface area contributed by atoms with Gasteiger partial charge in [-0.3, -0.25) is 4.79 Å². The topological polar surface area (TPSA) is 256 Å². The Bertz CT molecular complexity index is 2520. The number of aromatic nitrogens is 3. The van der Waals surface area contributed by atoms with E-state index in [2.05, 4.69) is 26.4 Å². The van der Waals surface area contributed by atoms with E-state index in [1.54, 1.807) is 52.3 Å². The molecule has 0 aliphatic carbocycles. The molecular formula is C58H87N7O13. The number of oxime groups is 1. The number of carbonyl (C=O) groups excluding carboxylic acids is 1. The molecule has 3 saturated heterocycles. The Hall–Kier alpha value is -4.47. The van der Waals surface area contributed by atoms with E-state index in [9.17, 15) is 35.6 Å². The summed E-state index contributed by atoms with van der Waals surface area (Å²) in [6, 6.07) is 16.7. The molecule has 4 aliphatic rings. The van der Waals surface area contributed by atoms with Crippen molar-refractivity contribution in [3.8, 4) is 17.2 Å². The highest BCUT2D eigenvalue weighted by molar-refractivity contribution is 6.01. The van der Waals surface area contributed by atoms with Gasteiger partial charge in [-0.05, 0) is 117 Å². The zero-order valence-electron chi connectivity index (χ0n) is 47.9. The number of likely N-dealkylation sites (N-methyl/N-ethyl adjacent to an activating group) is 2. The number of nitriles is 1. The van der Waals surface area contributed by atoms with E-state index in [4.69, 9.17) is 33.3 Å². The number of ether oxygens (including phenoxy) is 6. The number of aliphatic hydroxyl groups excluding tert-OH is 3. The number of benzene rings is 2. The zero-order chi connectivity index (χ0) is 57.0. The molecule has 1 aromatic heterocycles. The van der Waals surface area contributed by atoms with Crippen LogP contribution in [-0.2, 0) is 51.0 Å². The Kier molecular flexibility index (Phi) is 20.0. The first kappa shape index (κ1) is 61.2. The van der Waals surface area contributed by atoms with E-state index in [0.29, 0.717) is 44.5 Å². The summed E-state index contributed by atoms with van der Waals surface area (Å²) in [5.41, 5.74) is 0.571. The van der Waals surface area contributed by atoms with Crippen LogP contribution in [0.1, 0.15) is 118 Å². The lowest BCUT2D eigenvalue weighted by Crippen LogP contribution is -2.61. The highest BCUT2D eigenvalue weighted by atomic mass is 16.7. The minimum absolute atomic E-state index is 0.0953. The summed E-state index contributed by atoms with van der Waals surface area (Å²) >= 11 is 0. The quantitative estimate of drug-likeness (QED) is 0.135. The van der Waals surface area contributed by atoms with Gasteiger partial charge >= 0.3 is 5.97 Å². The summed E-state index contributed by atoms with van der Waals surface area (Å²) in [4.78, 5) is 24.3. The number of aliphatic hydroxyl groups is 5. The van der Waals surface area contributed by atoms with Crippen LogP contribution in [0.15, 0.2) is 59.9 Å². The maximum Gasteiger partial charge on any atom is 0.311 e. The monoisotopic (exact) mass is 1090 g/mol. The third-order valence-corrected chi connectivity index (χ3v) is 17.1. The second-order valence-corrected chi connectivity index (χ2v) is 23.6. The lowest BCUT2D eigenvalue weighted by atomic mass is 9.77. The van der Waals surface area contributed by atoms with Crippen LogP contribution in [0.4, 0.5) is 0 Å². The largest absolute Gasteiger partial charge is 0.459 e. The fourth-order valence-electron chi connectivity index (χ4n) is 12.2. The fourth-order valence-corrected chi connectivity index (χ4v) is 12.2. The van der Waals surface area contributed by atoms with E-state index >= 15 is 0 Å². The molecule has 2 aromatic carbocycles. The second-order valence-electron chi connectivity index (χ2n) is 23.6. The van der Waals surface area contributed by atoms with Crippen molar-refractivity contribution in [3.63, 3.8) is 0 Å². The van der Waals surface area contributed by atoms with Gasteiger partial charge in [0, 0.05) is 63.7 Å². The number of carbonyl (C=O) groups is 1. The van der Waals surface area contributed by atoms with Crippen molar-refractivity contribution < 1.29 is 63.6 Å². The summed E-state index contributed by atoms with van der Waals surface area (Å²) in [5, 5.41) is 82.5. The van der Waals surface area contributed by atoms with E-state index in [1.807, 2.05) is 88.4 Å². The summed E-state index contributed by atoms with van der Waals surface area (Å²) < 4.78 is 40.2. The molecule has 7 rings (SSSR count). The predicted octanol–water partition coefficient (Wildman–Crippen LogP) is 4.84. The molecule has 20 nitrogen and oxygen atoms in total. The van der Waals surface area contributed by atoms with Crippen LogP contribution < -0.4 is 0 Å². The molecule has 0 amide bonds. The molecule has 0 radical (unpaired) electrons. The molecule has 3 fully saturated rings. The van der Waals surface area contributed by atoms with Gasteiger partial charge in [0.1, 0.15) is 30.0 Å². The van der Waals surface area contributed by atoms with E-state index < -0.39 is 102 Å². The highest BCUT2D eigenvalue weighted by Crippen LogP contribution is 2.40. The number of hydrogen-bond acceptors (Lipinski definition) is 19. The van der Waals surface area contributed by atoms with Gasteiger partial charge in [-0.1, -0.05) is 67.5 Å². The fraction of sp³-hybridized carbons (Fsp3) is 0.707. The van der Waals surface area contributed by atoms with Crippen molar-refractivity contribution in [1.29, 1.82) is 5.26 Å². The van der Waals surface area contributed by atoms with Gasteiger partial charge < -0.3 is 68.6 Å². The zero-order valence-corrected chi connectivity index (χ0v) is 47.9. The van der Waals surface area contributed by atoms with Crippen LogP contribution in [0.3, 0.4) is 0 Å². The molecule has 0 spiro atoms. The third-order valence-electron chi connectivity index (χ3n) is 17.1. The van der Waals surface area contributed by atoms with Crippen LogP contribution in [0, 0.1) is 29.1 Å². The number of methoxy groups -OCH3 is 1. The lowest BCUT2D eigenvalue weighted by molar-refractivity contribution is -0.318. The second kappa shape index (κ2) is 25.5. The van der Waals surface area contributed by atoms with Gasteiger partial charge in [0.15, 0.2) is 18.7 Å². The summed E-state index contributed by atoms with van der Waals surface area (Å²) in [7, 11) is 5.27. The summed E-state index contributed by atoms with van der Waals surface area (Å²) in [5.74, 6) is -2.81. The normalized spacial score (nSPS) is 38.6. The first-order chi connectivity index (χ1) is 36.8. The number of nitrogens with zero attached hydrogens (tertiary/aromatic N) is 7. The predicted molar refractivity (Wildman–Crippen MR) is 289 cm³/mol. The summed E-state index contributed by atoms with van der Waals surface area (Å²) in [6.45, 7) is 18.9. The molecule has 432 valence electrons. The van der Waals surface area contributed by atoms with E-state index in [0.717, 1.165) is 28.1 Å². The van der Waals surface area contributed by atoms with Gasteiger partial charge in [0.2, 0.25) is 0 Å². The van der Waals surface area contributed by atoms with Crippen molar-refractivity contribution in [2.45, 2.75) is 211 Å². The van der Waals surface area contributed by atoms with Crippen molar-refractivity contribution in [1.82, 2.24) is 24.8 Å². The molecule has 19 atom stereocenters. The first-order valence-corrected chi connectivity index (χ1v) is 27.8. The van der Waals surface area contributed by atoms with Gasteiger partial charge in [0.05, 0.1) is 71.1 Å². The van der Waals surface area contributed by atoms with Crippen LogP contribution in [0.25, 0.3) is 11.1 Å². The Morgan fingerprint density at radius 1 is 0.936 bits per heavy atom. The third kappa shape index (κ3) is 14.0. The Morgan fingerprint density at radius 3 is 2.32 bits per heavy atom. The minimum atomic E-state index is -1.84. The molecule has 5 N–H and O–H groups in total. The van der Waals surface area contributed by atoms with E-state index in [1.165, 1.54) is 14.0 Å². The number of rotatable bonds is 14. The SMILES string of the molecule is CC[C@H]1OC(=O)[C@H](C)[C@@H](O[C@H]2C[C@@](C)(OC)[C@@H](O)[C@H](C)O2)[C@H](C)[C@@H](O[C@@H]2O[C@H](C)C[C@H](N(C)CCc3cn(C[C@H]4CC(c5ccc(-c6cccc(C#N)c6)cc5)=NO4)nn3)[C@H]2O)[C@](C)(O)C[C@@H](C)CN(C)[C@H](C)[C@@H](O)[C@]1(C)O. The lowest BCUT2D eigenvalue weighted by Gasteiger charge is -2.49. The van der Waals surface area contributed by atoms with Gasteiger partial charge in [-0.15, -0.1) is 5.10 Å². The Labute approximate surface area is 460 Å². The van der Waals surface area contributed by atoms with Gasteiger partial charge in [-0.25, -0.2) is 4.68 Å². The van der Waals surface area contributed by atoms with Crippen LogP contribution in [-0.4, -0.2) is 193 Å². The Morgan fingerprint density at radius 2 is 1.64 bits per heavy atom. The number of esters is 1. The molecule has 4 aliphatic heterocycles. The van der Waals surface area contributed by atoms with Crippen molar-refractivity contribution in [3.05, 3.63) is 71.5 Å². The van der Waals surface area contributed by atoms with Crippen molar-refractivity contribution in [2.75, 3.05) is 34.3 Å². The average Bonchev–Trinajstić information content (AvgIpc) is 4.09. The molecule has 3 aromatic rings. The highest BCUT2D eigenvalue weighted by Gasteiger charge is 2.53. The van der Waals surface area contributed by atoms with Crippen LogP contribution in [0.5, 0.6) is 0 Å². The Balaban J connectivity index is 1.06. The molecule has 0 saturated carbocycles. The molecule has 0 bridgehead atoms. The molecule has 20 heteroatoms. The maximum atomic E-state index is 14.5.